The summed E-state index contributed by atoms with van der Waals surface area (Å²) in [5, 5.41) is 6.58. The van der Waals surface area contributed by atoms with Crippen LogP contribution in [0.3, 0.4) is 0 Å². The minimum atomic E-state index is 0. The monoisotopic (exact) mass is 443 g/mol. The van der Waals surface area contributed by atoms with Crippen LogP contribution in [0, 0.1) is 6.92 Å². The molecule has 0 bridgehead atoms. The summed E-state index contributed by atoms with van der Waals surface area (Å²) in [5.41, 5.74) is 2.82. The molecule has 0 unspecified atom stereocenters. The van der Waals surface area contributed by atoms with Gasteiger partial charge in [0.25, 0.3) is 0 Å². The van der Waals surface area contributed by atoms with Gasteiger partial charge in [0.2, 0.25) is 0 Å². The quantitative estimate of drug-likeness (QED) is 0.307. The van der Waals surface area contributed by atoms with Gasteiger partial charge >= 0.3 is 0 Å². The molecule has 2 rings (SSSR count). The summed E-state index contributed by atoms with van der Waals surface area (Å²) in [7, 11) is 0. The third kappa shape index (κ3) is 5.48. The maximum absolute atomic E-state index is 5.61. The van der Waals surface area contributed by atoms with Crippen LogP contribution in [-0.2, 0) is 10.2 Å². The first kappa shape index (κ1) is 21.0. The Labute approximate surface area is 163 Å². The van der Waals surface area contributed by atoms with Crippen LogP contribution in [0.5, 0.6) is 0 Å². The van der Waals surface area contributed by atoms with Crippen molar-refractivity contribution in [2.45, 2.75) is 32.1 Å². The smallest absolute Gasteiger partial charge is 0.191 e. The molecule has 2 N–H and O–H groups in total. The second kappa shape index (κ2) is 10.7. The van der Waals surface area contributed by atoms with Gasteiger partial charge in [-0.2, -0.15) is 0 Å². The number of aryl methyl sites for hydroxylation is 1. The van der Waals surface area contributed by atoms with Crippen LogP contribution in [0.2, 0.25) is 0 Å². The molecular formula is C19H30IN3O. The fraction of sp³-hybridized carbons (Fsp3) is 0.526. The highest BCUT2D eigenvalue weighted by atomic mass is 127. The first-order chi connectivity index (χ1) is 11.2. The first-order valence-corrected chi connectivity index (χ1v) is 8.49. The molecule has 1 aromatic rings. The molecule has 1 fully saturated rings. The average Bonchev–Trinajstić information content (AvgIpc) is 2.58. The van der Waals surface area contributed by atoms with Crippen molar-refractivity contribution in [1.29, 1.82) is 0 Å². The molecule has 1 saturated heterocycles. The van der Waals surface area contributed by atoms with E-state index in [9.17, 15) is 0 Å². The number of nitrogens with zero attached hydrogens (tertiary/aromatic N) is 1. The van der Waals surface area contributed by atoms with Crippen LogP contribution >= 0.6 is 24.0 Å². The van der Waals surface area contributed by atoms with E-state index in [1.54, 1.807) is 0 Å². The molecule has 0 radical (unpaired) electrons. The summed E-state index contributed by atoms with van der Waals surface area (Å²) in [5.74, 6) is 0.854. The lowest BCUT2D eigenvalue weighted by Crippen LogP contribution is -2.41. The van der Waals surface area contributed by atoms with Crippen molar-refractivity contribution < 1.29 is 4.74 Å². The molecule has 0 spiro atoms. The summed E-state index contributed by atoms with van der Waals surface area (Å²) in [6, 6.07) is 8.67. The zero-order valence-corrected chi connectivity index (χ0v) is 17.1. The second-order valence-corrected chi connectivity index (χ2v) is 6.07. The molecule has 134 valence electrons. The lowest BCUT2D eigenvalue weighted by atomic mass is 9.72. The molecule has 24 heavy (non-hydrogen) atoms. The van der Waals surface area contributed by atoms with Crippen LogP contribution in [0.25, 0.3) is 0 Å². The van der Waals surface area contributed by atoms with Gasteiger partial charge in [-0.05, 0) is 37.8 Å². The average molecular weight is 443 g/mol. The van der Waals surface area contributed by atoms with E-state index in [4.69, 9.17) is 9.73 Å². The molecule has 1 heterocycles. The Bertz CT molecular complexity index is 539. The third-order valence-corrected chi connectivity index (χ3v) is 4.46. The minimum Gasteiger partial charge on any atom is -0.381 e. The predicted molar refractivity (Wildman–Crippen MR) is 113 cm³/mol. The number of guanidine groups is 1. The van der Waals surface area contributed by atoms with E-state index in [1.807, 2.05) is 6.08 Å². The number of nitrogens with one attached hydrogen (secondary N) is 2. The molecule has 0 saturated carbocycles. The molecule has 1 aromatic carbocycles. The van der Waals surface area contributed by atoms with Crippen molar-refractivity contribution in [3.05, 3.63) is 48.0 Å². The molecule has 4 nitrogen and oxygen atoms in total. The number of hydrogen-bond donors (Lipinski definition) is 2. The van der Waals surface area contributed by atoms with Gasteiger partial charge in [0, 0.05) is 31.7 Å². The van der Waals surface area contributed by atoms with Crippen LogP contribution in [-0.4, -0.2) is 38.8 Å². The van der Waals surface area contributed by atoms with E-state index in [2.05, 4.69) is 55.3 Å². The first-order valence-electron chi connectivity index (χ1n) is 8.49. The van der Waals surface area contributed by atoms with Crippen molar-refractivity contribution in [2.24, 2.45) is 4.99 Å². The highest BCUT2D eigenvalue weighted by Gasteiger charge is 2.35. The summed E-state index contributed by atoms with van der Waals surface area (Å²) in [6.07, 6.45) is 3.88. The van der Waals surface area contributed by atoms with Gasteiger partial charge in [0.15, 0.2) is 5.96 Å². The number of halogens is 1. The van der Waals surface area contributed by atoms with Crippen molar-refractivity contribution in [3.63, 3.8) is 0 Å². The van der Waals surface area contributed by atoms with E-state index in [1.165, 1.54) is 11.1 Å². The van der Waals surface area contributed by atoms with Gasteiger partial charge in [-0.1, -0.05) is 30.3 Å². The summed E-state index contributed by atoms with van der Waals surface area (Å²) < 4.78 is 5.61. The molecule has 1 aliphatic heterocycles. The molecule has 0 amide bonds. The van der Waals surface area contributed by atoms with Crippen molar-refractivity contribution >= 4 is 29.9 Å². The highest BCUT2D eigenvalue weighted by Crippen LogP contribution is 2.36. The van der Waals surface area contributed by atoms with Gasteiger partial charge in [0.05, 0.1) is 6.54 Å². The van der Waals surface area contributed by atoms with Gasteiger partial charge in [-0.15, -0.1) is 30.6 Å². The van der Waals surface area contributed by atoms with Crippen molar-refractivity contribution in [3.8, 4) is 0 Å². The summed E-state index contributed by atoms with van der Waals surface area (Å²) in [4.78, 5) is 4.86. The minimum absolute atomic E-state index is 0. The summed E-state index contributed by atoms with van der Waals surface area (Å²) >= 11 is 0. The second-order valence-electron chi connectivity index (χ2n) is 6.07. The zero-order valence-electron chi connectivity index (χ0n) is 14.8. The van der Waals surface area contributed by atoms with Gasteiger partial charge in [-0.3, -0.25) is 4.99 Å². The van der Waals surface area contributed by atoms with Gasteiger partial charge < -0.3 is 15.4 Å². The molecule has 0 aromatic heterocycles. The highest BCUT2D eigenvalue weighted by molar-refractivity contribution is 14.0. The number of ether oxygens (including phenoxy) is 1. The Hall–Kier alpha value is -1.08. The zero-order chi connectivity index (χ0) is 16.5. The van der Waals surface area contributed by atoms with Gasteiger partial charge in [-0.25, -0.2) is 0 Å². The fourth-order valence-corrected chi connectivity index (χ4v) is 3.18. The molecular weight excluding hydrogens is 413 g/mol. The fourth-order valence-electron chi connectivity index (χ4n) is 3.18. The lowest BCUT2D eigenvalue weighted by molar-refractivity contribution is 0.0529. The maximum atomic E-state index is 5.61. The Morgan fingerprint density at radius 3 is 2.62 bits per heavy atom. The van der Waals surface area contributed by atoms with E-state index in [0.29, 0.717) is 6.54 Å². The Morgan fingerprint density at radius 1 is 1.29 bits per heavy atom. The predicted octanol–water partition coefficient (Wildman–Crippen LogP) is 3.40. The van der Waals surface area contributed by atoms with Crippen LogP contribution in [0.15, 0.2) is 41.9 Å². The molecule has 0 aliphatic carbocycles. The van der Waals surface area contributed by atoms with Gasteiger partial charge in [0.1, 0.15) is 0 Å². The van der Waals surface area contributed by atoms with Crippen molar-refractivity contribution in [2.75, 3.05) is 32.8 Å². The van der Waals surface area contributed by atoms with E-state index in [-0.39, 0.29) is 29.4 Å². The van der Waals surface area contributed by atoms with Crippen LogP contribution in [0.1, 0.15) is 30.9 Å². The Morgan fingerprint density at radius 2 is 2.00 bits per heavy atom. The maximum Gasteiger partial charge on any atom is 0.191 e. The molecule has 5 heteroatoms. The number of rotatable bonds is 6. The van der Waals surface area contributed by atoms with E-state index < -0.39 is 0 Å². The normalized spacial score (nSPS) is 16.8. The van der Waals surface area contributed by atoms with E-state index >= 15 is 0 Å². The molecule has 1 aliphatic rings. The standard InChI is InChI=1S/C19H29N3O.HI/c1-4-12-21-18(20-5-2)22-15-19(10-13-23-14-11-19)17-9-7-6-8-16(17)3;/h4,6-9H,1,5,10-15H2,2-3H3,(H2,20,21,22);1H. The Kier molecular flexibility index (Phi) is 9.36. The number of hydrogen-bond acceptors (Lipinski definition) is 2. The number of benzene rings is 1. The number of aliphatic imine (C=N–C) groups is 1. The lowest BCUT2D eigenvalue weighted by Gasteiger charge is -2.37. The van der Waals surface area contributed by atoms with E-state index in [0.717, 1.165) is 45.1 Å². The third-order valence-electron chi connectivity index (χ3n) is 4.46. The van der Waals surface area contributed by atoms with Crippen LogP contribution in [0.4, 0.5) is 0 Å². The summed E-state index contributed by atoms with van der Waals surface area (Å²) in [6.45, 7) is 12.0. The SMILES string of the molecule is C=CCNC(=NCC1(c2ccccc2C)CCOCC1)NCC.I. The van der Waals surface area contributed by atoms with Crippen molar-refractivity contribution in [1.82, 2.24) is 10.6 Å². The topological polar surface area (TPSA) is 45.7 Å². The Balaban J connectivity index is 0.00000288. The molecule has 0 atom stereocenters. The van der Waals surface area contributed by atoms with Crippen LogP contribution < -0.4 is 10.6 Å². The largest absolute Gasteiger partial charge is 0.381 e.